The van der Waals surface area contributed by atoms with Gasteiger partial charge < -0.3 is 47.9 Å². The highest BCUT2D eigenvalue weighted by Crippen LogP contribution is 2.83. The van der Waals surface area contributed by atoms with E-state index < -0.39 is 29.1 Å². The second-order valence-electron chi connectivity index (χ2n) is 15.9. The summed E-state index contributed by atoms with van der Waals surface area (Å²) in [5, 5.41) is 3.68. The van der Waals surface area contributed by atoms with E-state index in [9.17, 15) is 14.4 Å². The van der Waals surface area contributed by atoms with Crippen molar-refractivity contribution in [3.05, 3.63) is 11.1 Å². The maximum Gasteiger partial charge on any atom is 0.508 e. The molecule has 5 heterocycles. The van der Waals surface area contributed by atoms with Crippen LogP contribution in [0, 0.1) is 17.3 Å². The zero-order valence-corrected chi connectivity index (χ0v) is 32.1. The highest BCUT2D eigenvalue weighted by Gasteiger charge is 3.01. The molecule has 1 N–H and O–H groups in total. The molecule has 52 heavy (non-hydrogen) atoms. The van der Waals surface area contributed by atoms with Crippen LogP contribution in [0.25, 0.3) is 0 Å². The molecule has 10 atom stereocenters. The third-order valence-electron chi connectivity index (χ3n) is 12.9. The van der Waals surface area contributed by atoms with Gasteiger partial charge in [0.25, 0.3) is 0 Å². The molecule has 1 unspecified atom stereocenters. The fourth-order valence-corrected chi connectivity index (χ4v) is 13.3. The Morgan fingerprint density at radius 1 is 0.981 bits per heavy atom. The van der Waals surface area contributed by atoms with E-state index in [1.54, 1.807) is 0 Å². The standard InChI is InChI=1S/C37H53NO12S2/c1-22(2)35-29(49-35)30-37(50-30)34(3)10-8-24-25(21-46-31(24)40)26(34)20-27-36(37,48-27)32(35)47-33(41)45-18-17-44-16-15-43-14-13-42-12-11-38-28(39)7-5-4-6-23-9-19-51-52-23/h22-23,26-27,29-30,32H,4-21H2,1-3H3,(H,38,39)/t23?,26-,27-,29-,30-,32+,34-,35-,36+,37+/m0/s1. The van der Waals surface area contributed by atoms with Crippen LogP contribution < -0.4 is 5.32 Å². The Labute approximate surface area is 313 Å². The van der Waals surface area contributed by atoms with Crippen LogP contribution in [-0.2, 0) is 52.2 Å². The number of carbonyl (C=O) groups excluding carboxylic acids is 3. The average molecular weight is 768 g/mol. The van der Waals surface area contributed by atoms with Gasteiger partial charge in [-0.15, -0.1) is 0 Å². The molecule has 0 aromatic rings. The SMILES string of the molecule is CC(C)[C@]12O[C@H]1[C@@H]1O[C@]13[C@]1(O[C@H]1C[C@H]1C4=C(CC[C@@]13C)C(=O)OC4)[C@@H]2OC(=O)OCCOCCOCCOCCNC(=O)CCCCC1CCSS1. The van der Waals surface area contributed by atoms with Crippen LogP contribution in [0.1, 0.15) is 72.1 Å². The molecule has 0 aromatic carbocycles. The number of cyclic esters (lactones) is 1. The van der Waals surface area contributed by atoms with Crippen LogP contribution in [-0.4, -0.2) is 130 Å². The van der Waals surface area contributed by atoms with Crippen LogP contribution >= 0.6 is 21.6 Å². The molecule has 0 aromatic heterocycles. The Morgan fingerprint density at radius 2 is 1.75 bits per heavy atom. The number of rotatable bonds is 19. The van der Waals surface area contributed by atoms with Crippen molar-refractivity contribution in [3.63, 3.8) is 0 Å². The Hall–Kier alpha value is -1.59. The number of ether oxygens (including phenoxy) is 9. The summed E-state index contributed by atoms with van der Waals surface area (Å²) in [5.41, 5.74) is -0.598. The quantitative estimate of drug-likeness (QED) is 0.0866. The van der Waals surface area contributed by atoms with E-state index in [4.69, 9.17) is 42.6 Å². The lowest BCUT2D eigenvalue weighted by molar-refractivity contribution is -0.136. The minimum atomic E-state index is -0.820. The van der Waals surface area contributed by atoms with E-state index in [0.29, 0.717) is 59.0 Å². The third kappa shape index (κ3) is 6.21. The summed E-state index contributed by atoms with van der Waals surface area (Å²) in [4.78, 5) is 37.6. The van der Waals surface area contributed by atoms with Crippen molar-refractivity contribution in [1.29, 1.82) is 0 Å². The minimum absolute atomic E-state index is 0.0321. The summed E-state index contributed by atoms with van der Waals surface area (Å²) in [6.45, 7) is 9.48. The predicted octanol–water partition coefficient (Wildman–Crippen LogP) is 4.14. The third-order valence-corrected chi connectivity index (χ3v) is 16.0. The molecule has 0 bridgehead atoms. The number of fused-ring (bicyclic) bond motifs is 4. The van der Waals surface area contributed by atoms with Gasteiger partial charge in [-0.1, -0.05) is 48.8 Å². The Bertz CT molecular complexity index is 1420. The van der Waals surface area contributed by atoms with E-state index in [2.05, 4.69) is 26.1 Å². The van der Waals surface area contributed by atoms with Crippen molar-refractivity contribution in [3.8, 4) is 0 Å². The molecule has 6 fully saturated rings. The molecule has 8 aliphatic rings. The van der Waals surface area contributed by atoms with Gasteiger partial charge in [0, 0.05) is 35.0 Å². The van der Waals surface area contributed by atoms with Gasteiger partial charge in [-0.2, -0.15) is 0 Å². The molecule has 3 aliphatic carbocycles. The lowest BCUT2D eigenvalue weighted by atomic mass is 9.46. The van der Waals surface area contributed by atoms with E-state index in [-0.39, 0.29) is 60.7 Å². The van der Waals surface area contributed by atoms with Gasteiger partial charge in [-0.05, 0) is 55.9 Å². The monoisotopic (exact) mass is 767 g/mol. The van der Waals surface area contributed by atoms with Crippen molar-refractivity contribution in [2.45, 2.75) is 119 Å². The average Bonchev–Trinajstić information content (AvgIpc) is 4.07. The molecule has 4 saturated heterocycles. The summed E-state index contributed by atoms with van der Waals surface area (Å²) < 4.78 is 53.7. The van der Waals surface area contributed by atoms with E-state index in [1.807, 2.05) is 21.6 Å². The summed E-state index contributed by atoms with van der Waals surface area (Å²) in [6.07, 6.45) is 5.25. The maximum atomic E-state index is 13.2. The molecule has 290 valence electrons. The van der Waals surface area contributed by atoms with Crippen LogP contribution in [0.3, 0.4) is 0 Å². The number of unbranched alkanes of at least 4 members (excludes halogenated alkanes) is 1. The van der Waals surface area contributed by atoms with Crippen LogP contribution in [0.15, 0.2) is 11.1 Å². The largest absolute Gasteiger partial charge is 0.508 e. The van der Waals surface area contributed by atoms with Crippen molar-refractivity contribution in [2.75, 3.05) is 65.2 Å². The van der Waals surface area contributed by atoms with Gasteiger partial charge in [0.2, 0.25) is 5.91 Å². The van der Waals surface area contributed by atoms with Crippen LogP contribution in [0.2, 0.25) is 0 Å². The first-order valence-electron chi connectivity index (χ1n) is 19.2. The minimum Gasteiger partial charge on any atom is -0.458 e. The normalized spacial score (nSPS) is 40.1. The number of epoxide rings is 3. The first-order valence-corrected chi connectivity index (χ1v) is 21.6. The Morgan fingerprint density at radius 3 is 2.50 bits per heavy atom. The van der Waals surface area contributed by atoms with Gasteiger partial charge in [0.05, 0.1) is 45.7 Å². The van der Waals surface area contributed by atoms with E-state index >= 15 is 0 Å². The number of carbonyl (C=O) groups is 3. The van der Waals surface area contributed by atoms with Crippen molar-refractivity contribution < 1.29 is 57.0 Å². The summed E-state index contributed by atoms with van der Waals surface area (Å²) in [6, 6.07) is 0. The lowest BCUT2D eigenvalue weighted by Crippen LogP contribution is -2.70. The van der Waals surface area contributed by atoms with Crippen molar-refractivity contribution in [1.82, 2.24) is 5.32 Å². The predicted molar refractivity (Wildman–Crippen MR) is 190 cm³/mol. The summed E-state index contributed by atoms with van der Waals surface area (Å²) in [5.74, 6) is 1.30. The zero-order valence-electron chi connectivity index (χ0n) is 30.5. The molecule has 13 nitrogen and oxygen atoms in total. The summed E-state index contributed by atoms with van der Waals surface area (Å²) in [7, 11) is 3.95. The molecule has 2 spiro atoms. The van der Waals surface area contributed by atoms with Gasteiger partial charge in [-0.25, -0.2) is 9.59 Å². The van der Waals surface area contributed by atoms with Gasteiger partial charge in [0.1, 0.15) is 36.6 Å². The van der Waals surface area contributed by atoms with Crippen molar-refractivity contribution >= 4 is 39.6 Å². The molecular formula is C37H53NO12S2. The molecule has 2 saturated carbocycles. The molecule has 1 amide bonds. The Balaban J connectivity index is 0.716. The Kier molecular flexibility index (Phi) is 10.6. The van der Waals surface area contributed by atoms with Gasteiger partial charge >= 0.3 is 12.1 Å². The lowest BCUT2D eigenvalue weighted by Gasteiger charge is -2.53. The second-order valence-corrected chi connectivity index (χ2v) is 18.7. The maximum absolute atomic E-state index is 13.2. The fourth-order valence-electron chi connectivity index (χ4n) is 10.3. The van der Waals surface area contributed by atoms with Gasteiger partial charge in [0.15, 0.2) is 11.7 Å². The summed E-state index contributed by atoms with van der Waals surface area (Å²) >= 11 is 0. The number of hydrogen-bond donors (Lipinski definition) is 1. The number of nitrogens with one attached hydrogen (secondary N) is 1. The van der Waals surface area contributed by atoms with Crippen LogP contribution in [0.5, 0.6) is 0 Å². The second kappa shape index (κ2) is 14.8. The van der Waals surface area contributed by atoms with Gasteiger partial charge in [-0.3, -0.25) is 4.79 Å². The highest BCUT2D eigenvalue weighted by molar-refractivity contribution is 8.77. The zero-order chi connectivity index (χ0) is 36.1. The molecule has 15 heteroatoms. The molecule has 8 rings (SSSR count). The number of esters is 1. The molecule has 0 radical (unpaired) electrons. The number of hydrogen-bond acceptors (Lipinski definition) is 14. The van der Waals surface area contributed by atoms with Crippen LogP contribution in [0.4, 0.5) is 4.79 Å². The van der Waals surface area contributed by atoms with E-state index in [0.717, 1.165) is 42.1 Å². The highest BCUT2D eigenvalue weighted by atomic mass is 33.1. The smallest absolute Gasteiger partial charge is 0.458 e. The van der Waals surface area contributed by atoms with E-state index in [1.165, 1.54) is 18.6 Å². The first-order chi connectivity index (χ1) is 25.2. The fraction of sp³-hybridized carbons (Fsp3) is 0.865. The molecule has 5 aliphatic heterocycles. The van der Waals surface area contributed by atoms with Crippen molar-refractivity contribution in [2.24, 2.45) is 17.3 Å². The number of amides is 1. The first kappa shape index (κ1) is 37.3. The topological polar surface area (TPSA) is 156 Å². The molecular weight excluding hydrogens is 715 g/mol.